The van der Waals surface area contributed by atoms with Gasteiger partial charge in [-0.15, -0.1) is 6.58 Å². The van der Waals surface area contributed by atoms with E-state index in [-0.39, 0.29) is 25.9 Å². The molecule has 0 aromatic carbocycles. The van der Waals surface area contributed by atoms with Gasteiger partial charge in [0.2, 0.25) is 0 Å². The van der Waals surface area contributed by atoms with Crippen LogP contribution in [0.1, 0.15) is 2.85 Å². The van der Waals surface area contributed by atoms with E-state index in [0.29, 0.717) is 0 Å². The van der Waals surface area contributed by atoms with E-state index in [1.165, 1.54) is 0 Å². The van der Waals surface area contributed by atoms with E-state index in [1.807, 2.05) is 0 Å². The van der Waals surface area contributed by atoms with E-state index < -0.39 is 9.76 Å². The summed E-state index contributed by atoms with van der Waals surface area (Å²) >= 11 is 0. The van der Waals surface area contributed by atoms with Gasteiger partial charge in [-0.1, -0.05) is 5.70 Å². The molecule has 0 radical (unpaired) electrons. The normalized spacial score (nSPS) is 7.40. The summed E-state index contributed by atoms with van der Waals surface area (Å²) in [5.41, 5.74) is 1.57. The minimum Gasteiger partial charge on any atom is -1.00 e. The number of rotatable bonds is 1. The van der Waals surface area contributed by atoms with Crippen LogP contribution in [0.15, 0.2) is 12.3 Å². The first-order valence-corrected chi connectivity index (χ1v) is 2.58. The molecule has 0 bridgehead atoms. The second-order valence-electron chi connectivity index (χ2n) is 0.471. The predicted molar refractivity (Wildman–Crippen MR) is 28.9 cm³/mol. The molecule has 0 unspecified atom stereocenters. The zero-order valence-electron chi connectivity index (χ0n) is 5.15. The van der Waals surface area contributed by atoms with E-state index in [9.17, 15) is 0 Å². The zero-order valence-corrected chi connectivity index (χ0v) is 5.97. The average molecular weight is 100 g/mol. The molecule has 3 heteroatoms. The van der Waals surface area contributed by atoms with Gasteiger partial charge in [0.05, 0.1) is 0 Å². The van der Waals surface area contributed by atoms with Crippen molar-refractivity contribution in [2.45, 2.75) is 0 Å². The van der Waals surface area contributed by atoms with Crippen LogP contribution in [0.3, 0.4) is 0 Å². The maximum atomic E-state index is 7.90. The summed E-state index contributed by atoms with van der Waals surface area (Å²) in [4.78, 5) is 7.90. The van der Waals surface area contributed by atoms with Crippen LogP contribution in [0.5, 0.6) is 0 Å². The quantitative estimate of drug-likeness (QED) is 0.421. The van der Waals surface area contributed by atoms with E-state index in [4.69, 9.17) is 4.80 Å². The van der Waals surface area contributed by atoms with Crippen LogP contribution >= 0.6 is 0 Å². The fourth-order valence-corrected chi connectivity index (χ4v) is 0. The topological polar surface area (TPSA) is 20.2 Å². The van der Waals surface area contributed by atoms with Crippen LogP contribution in [-0.2, 0) is 0 Å². The van der Waals surface area contributed by atoms with E-state index in [0.717, 1.165) is 0 Å². The van der Waals surface area contributed by atoms with Gasteiger partial charge < -0.3 is 7.65 Å². The van der Waals surface area contributed by atoms with Crippen molar-refractivity contribution in [3.63, 3.8) is 0 Å². The molecule has 0 aliphatic heterocycles. The smallest absolute Gasteiger partial charge is 1.00 e. The van der Waals surface area contributed by atoms with Gasteiger partial charge in [0, 0.05) is 0 Å². The Labute approximate surface area is 53.1 Å². The Morgan fingerprint density at radius 2 is 2.20 bits per heavy atom. The number of hydrogen-bond acceptors (Lipinski definition) is 1. The summed E-state index contributed by atoms with van der Waals surface area (Å²) in [6, 6.07) is 0. The van der Waals surface area contributed by atoms with Gasteiger partial charge in [0.25, 0.3) is 0 Å². The van der Waals surface area contributed by atoms with E-state index >= 15 is 0 Å². The number of hydrogen-bond donors (Lipinski definition) is 1. The van der Waals surface area contributed by atoms with Gasteiger partial charge >= 0.3 is 23.1 Å². The summed E-state index contributed by atoms with van der Waals surface area (Å²) in [7, 11) is -0.812. The van der Waals surface area contributed by atoms with Crippen molar-refractivity contribution in [2.75, 3.05) is 0 Å². The Morgan fingerprint density at radius 3 is 2.20 bits per heavy atom. The molecule has 0 fully saturated rings. The molecule has 0 heterocycles. The van der Waals surface area contributed by atoms with Gasteiger partial charge in [-0.25, -0.2) is 0 Å². The SMILES string of the molecule is C=C[SiH2]O.[H-].[H-].[Mg+2]. The average Bonchev–Trinajstić information content (AvgIpc) is 1.37. The Bertz CT molecular complexity index is 29.7. The summed E-state index contributed by atoms with van der Waals surface area (Å²) in [6.45, 7) is 3.29. The molecule has 0 aliphatic rings. The Hall–Kier alpha value is 0.683. The third-order valence-electron chi connectivity index (χ3n) is 0.129. The van der Waals surface area contributed by atoms with Crippen LogP contribution in [0.2, 0.25) is 0 Å². The predicted octanol–water partition coefficient (Wildman–Crippen LogP) is -0.950. The molecule has 0 aliphatic carbocycles. The standard InChI is InChI=1S/C2H6OSi.Mg.2H/c1-2-4-3;;;/h2-3H,1,4H2;;;/q;+2;2*-1. The third-order valence-corrected chi connectivity index (χ3v) is 0.387. The molecule has 28 valence electrons. The van der Waals surface area contributed by atoms with Crippen LogP contribution < -0.4 is 0 Å². The monoisotopic (exact) mass is 100 g/mol. The zero-order chi connectivity index (χ0) is 3.41. The molecule has 0 aromatic heterocycles. The van der Waals surface area contributed by atoms with Crippen LogP contribution in [-0.4, -0.2) is 37.6 Å². The largest absolute Gasteiger partial charge is 2.00 e. The van der Waals surface area contributed by atoms with Crippen molar-refractivity contribution in [1.82, 2.24) is 0 Å². The van der Waals surface area contributed by atoms with Crippen LogP contribution in [0.4, 0.5) is 0 Å². The van der Waals surface area contributed by atoms with E-state index in [1.54, 1.807) is 5.70 Å². The first-order chi connectivity index (χ1) is 1.91. The van der Waals surface area contributed by atoms with Crippen molar-refractivity contribution >= 4 is 32.8 Å². The summed E-state index contributed by atoms with van der Waals surface area (Å²) in [5, 5.41) is 0. The fourth-order valence-electron chi connectivity index (χ4n) is 0. The maximum absolute atomic E-state index is 7.90. The molecular formula is C2H8MgOSi. The van der Waals surface area contributed by atoms with E-state index in [2.05, 4.69) is 6.58 Å². The van der Waals surface area contributed by atoms with Crippen LogP contribution in [0.25, 0.3) is 0 Å². The molecule has 0 saturated heterocycles. The van der Waals surface area contributed by atoms with Crippen molar-refractivity contribution in [3.8, 4) is 0 Å². The minimum absolute atomic E-state index is 0. The van der Waals surface area contributed by atoms with Crippen molar-refractivity contribution in [3.05, 3.63) is 12.3 Å². The maximum Gasteiger partial charge on any atom is 2.00 e. The molecule has 0 saturated carbocycles. The van der Waals surface area contributed by atoms with Gasteiger partial charge in [-0.3, -0.25) is 0 Å². The Morgan fingerprint density at radius 1 is 2.00 bits per heavy atom. The Balaban J connectivity index is -0.0000000150. The van der Waals surface area contributed by atoms with Gasteiger partial charge in [0.15, 0.2) is 9.76 Å². The molecular weight excluding hydrogens is 92.4 g/mol. The molecule has 0 atom stereocenters. The van der Waals surface area contributed by atoms with Gasteiger partial charge in [-0.2, -0.15) is 0 Å². The molecule has 5 heavy (non-hydrogen) atoms. The first kappa shape index (κ1) is 9.19. The first-order valence-electron chi connectivity index (χ1n) is 1.13. The van der Waals surface area contributed by atoms with Crippen molar-refractivity contribution in [2.24, 2.45) is 0 Å². The molecule has 0 spiro atoms. The van der Waals surface area contributed by atoms with Gasteiger partial charge in [0.1, 0.15) is 0 Å². The van der Waals surface area contributed by atoms with Crippen molar-refractivity contribution in [1.29, 1.82) is 0 Å². The molecule has 0 aromatic rings. The minimum atomic E-state index is -0.812. The third kappa shape index (κ3) is 11.9. The Kier molecular flexibility index (Phi) is 16.2. The fraction of sp³-hybridized carbons (Fsp3) is 0. The molecule has 0 amide bonds. The van der Waals surface area contributed by atoms with Gasteiger partial charge in [-0.05, 0) is 0 Å². The molecule has 1 nitrogen and oxygen atoms in total. The second-order valence-corrected chi connectivity index (χ2v) is 1.41. The summed E-state index contributed by atoms with van der Waals surface area (Å²) in [5.74, 6) is 0. The van der Waals surface area contributed by atoms with Crippen molar-refractivity contribution < 1.29 is 7.65 Å². The second kappa shape index (κ2) is 8.82. The molecule has 0 rings (SSSR count). The van der Waals surface area contributed by atoms with Crippen LogP contribution in [0, 0.1) is 0 Å². The molecule has 1 N–H and O–H groups in total. The summed E-state index contributed by atoms with van der Waals surface area (Å²) in [6.07, 6.45) is 0. The summed E-state index contributed by atoms with van der Waals surface area (Å²) < 4.78 is 0.